The highest BCUT2D eigenvalue weighted by atomic mass is 35.5. The first-order valence-electron chi connectivity index (χ1n) is 10.6. The Hall–Kier alpha value is -3.52. The lowest BCUT2D eigenvalue weighted by molar-refractivity contribution is 0.252. The molecule has 2 atom stereocenters. The lowest BCUT2D eigenvalue weighted by Gasteiger charge is -2.33. The number of amides is 2. The number of aromatic hydroxyl groups is 1. The van der Waals surface area contributed by atoms with Gasteiger partial charge >= 0.3 is 6.03 Å². The predicted molar refractivity (Wildman–Crippen MR) is 127 cm³/mol. The van der Waals surface area contributed by atoms with Crippen LogP contribution in [0, 0.1) is 0 Å². The van der Waals surface area contributed by atoms with E-state index in [1.807, 2.05) is 43.7 Å². The van der Waals surface area contributed by atoms with Crippen molar-refractivity contribution in [2.45, 2.75) is 38.3 Å². The molecular formula is C24H24ClN5O3. The maximum Gasteiger partial charge on any atom is 0.328 e. The lowest BCUT2D eigenvalue weighted by atomic mass is 9.83. The molecule has 0 radical (unpaired) electrons. The Kier molecular flexibility index (Phi) is 4.86. The zero-order valence-corrected chi connectivity index (χ0v) is 19.5. The molecule has 8 nitrogen and oxygen atoms in total. The van der Waals surface area contributed by atoms with Crippen molar-refractivity contribution in [2.75, 3.05) is 12.0 Å². The van der Waals surface area contributed by atoms with Gasteiger partial charge in [-0.2, -0.15) is 5.10 Å². The number of fused-ring (bicyclic) bond motifs is 2. The number of benzene rings is 2. The second-order valence-corrected chi connectivity index (χ2v) is 9.57. The number of urea groups is 1. The monoisotopic (exact) mass is 465 g/mol. The molecule has 9 heteroatoms. The normalized spacial score (nSPS) is 19.6. The van der Waals surface area contributed by atoms with Crippen LogP contribution in [0.25, 0.3) is 0 Å². The van der Waals surface area contributed by atoms with Gasteiger partial charge in [0.15, 0.2) is 17.3 Å². The van der Waals surface area contributed by atoms with Crippen molar-refractivity contribution in [3.05, 3.63) is 64.8 Å². The van der Waals surface area contributed by atoms with Crippen LogP contribution in [0.4, 0.5) is 16.3 Å². The number of aliphatic imine (C=N–C) groups is 1. The number of carbonyl (C=O) groups is 1. The van der Waals surface area contributed by atoms with Crippen LogP contribution in [0.2, 0.25) is 5.02 Å². The average Bonchev–Trinajstić information content (AvgIpc) is 3.33. The van der Waals surface area contributed by atoms with E-state index in [2.05, 4.69) is 10.4 Å². The summed E-state index contributed by atoms with van der Waals surface area (Å²) in [6.45, 7) is 6.15. The van der Waals surface area contributed by atoms with Gasteiger partial charge in [0, 0.05) is 22.2 Å². The minimum Gasteiger partial charge on any atom is -0.504 e. The van der Waals surface area contributed by atoms with Crippen LogP contribution in [-0.4, -0.2) is 39.9 Å². The molecule has 33 heavy (non-hydrogen) atoms. The van der Waals surface area contributed by atoms with E-state index < -0.39 is 6.04 Å². The SMILES string of the molecule is COc1ccc(C2c3cnn(C(C)(C)C)c3N=C3NC(=O)N(c4ccc(Cl)cc4)C32)cc1O. The number of phenols is 1. The summed E-state index contributed by atoms with van der Waals surface area (Å²) in [6, 6.07) is 11.7. The Morgan fingerprint density at radius 1 is 1.15 bits per heavy atom. The highest BCUT2D eigenvalue weighted by Crippen LogP contribution is 2.46. The van der Waals surface area contributed by atoms with Crippen molar-refractivity contribution in [3.63, 3.8) is 0 Å². The molecule has 3 heterocycles. The molecule has 0 spiro atoms. The zero-order chi connectivity index (χ0) is 23.5. The van der Waals surface area contributed by atoms with E-state index in [1.54, 1.807) is 35.4 Å². The Labute approximate surface area is 196 Å². The largest absolute Gasteiger partial charge is 0.504 e. The number of anilines is 1. The maximum absolute atomic E-state index is 13.1. The van der Waals surface area contributed by atoms with Crippen LogP contribution in [0.5, 0.6) is 11.5 Å². The summed E-state index contributed by atoms with van der Waals surface area (Å²) >= 11 is 6.08. The first-order valence-corrected chi connectivity index (χ1v) is 11.0. The fraction of sp³-hybridized carbons (Fsp3) is 0.292. The number of phenolic OH excluding ortho intramolecular Hbond substituents is 1. The third-order valence-electron chi connectivity index (χ3n) is 5.96. The fourth-order valence-electron chi connectivity index (χ4n) is 4.50. The minimum absolute atomic E-state index is 0.0270. The van der Waals surface area contributed by atoms with Gasteiger partial charge in [0.1, 0.15) is 11.9 Å². The first kappa shape index (κ1) is 21.3. The number of hydrogen-bond donors (Lipinski definition) is 2. The molecule has 5 rings (SSSR count). The molecule has 0 bridgehead atoms. The number of hydrogen-bond acceptors (Lipinski definition) is 5. The van der Waals surface area contributed by atoms with Gasteiger partial charge in [0.05, 0.1) is 18.8 Å². The number of amidine groups is 1. The third-order valence-corrected chi connectivity index (χ3v) is 6.21. The number of carbonyl (C=O) groups excluding carboxylic acids is 1. The molecule has 170 valence electrons. The molecule has 1 fully saturated rings. The first-order chi connectivity index (χ1) is 15.7. The topological polar surface area (TPSA) is 92.0 Å². The summed E-state index contributed by atoms with van der Waals surface area (Å²) in [5.41, 5.74) is 2.08. The molecule has 2 N–H and O–H groups in total. The van der Waals surface area contributed by atoms with Crippen LogP contribution in [0.3, 0.4) is 0 Å². The van der Waals surface area contributed by atoms with Crippen molar-refractivity contribution >= 4 is 35.0 Å². The predicted octanol–water partition coefficient (Wildman–Crippen LogP) is 4.78. The van der Waals surface area contributed by atoms with Gasteiger partial charge in [-0.05, 0) is 62.7 Å². The van der Waals surface area contributed by atoms with Crippen molar-refractivity contribution in [1.29, 1.82) is 0 Å². The molecule has 2 aliphatic rings. The molecule has 2 amide bonds. The fourth-order valence-corrected chi connectivity index (χ4v) is 4.62. The third kappa shape index (κ3) is 3.41. The maximum atomic E-state index is 13.1. The molecular weight excluding hydrogens is 442 g/mol. The Balaban J connectivity index is 1.72. The number of nitrogens with zero attached hydrogens (tertiary/aromatic N) is 4. The molecule has 0 aliphatic carbocycles. The van der Waals surface area contributed by atoms with Crippen LogP contribution in [0.1, 0.15) is 37.8 Å². The van der Waals surface area contributed by atoms with E-state index in [9.17, 15) is 9.90 Å². The van der Waals surface area contributed by atoms with Gasteiger partial charge in [-0.1, -0.05) is 17.7 Å². The molecule has 2 aromatic carbocycles. The second-order valence-electron chi connectivity index (χ2n) is 9.13. The highest BCUT2D eigenvalue weighted by Gasteiger charge is 2.48. The van der Waals surface area contributed by atoms with Gasteiger partial charge in [-0.25, -0.2) is 14.5 Å². The van der Waals surface area contributed by atoms with E-state index in [0.29, 0.717) is 28.1 Å². The van der Waals surface area contributed by atoms with E-state index >= 15 is 0 Å². The lowest BCUT2D eigenvalue weighted by Crippen LogP contribution is -2.42. The molecule has 0 saturated carbocycles. The summed E-state index contributed by atoms with van der Waals surface area (Å²) in [5, 5.41) is 18.7. The van der Waals surface area contributed by atoms with Crippen LogP contribution in [0.15, 0.2) is 53.7 Å². The smallest absolute Gasteiger partial charge is 0.328 e. The Morgan fingerprint density at radius 2 is 1.88 bits per heavy atom. The summed E-state index contributed by atoms with van der Waals surface area (Å²) < 4.78 is 7.09. The molecule has 1 saturated heterocycles. The Morgan fingerprint density at radius 3 is 2.52 bits per heavy atom. The molecule has 2 aliphatic heterocycles. The minimum atomic E-state index is -0.448. The zero-order valence-electron chi connectivity index (χ0n) is 18.7. The standard InChI is InChI=1S/C24H24ClN5O3/c1-24(2,3)30-22-16(12-26-30)19(13-5-10-18(33-4)17(31)11-13)20-21(27-22)28-23(32)29(20)15-8-6-14(25)7-9-15/h5-12,19-20,31H,1-4H3,(H,27,28,32). The average molecular weight is 466 g/mol. The summed E-state index contributed by atoms with van der Waals surface area (Å²) in [5.74, 6) is 1.31. The summed E-state index contributed by atoms with van der Waals surface area (Å²) in [4.78, 5) is 19.7. The number of nitrogens with one attached hydrogen (secondary N) is 1. The number of rotatable bonds is 3. The van der Waals surface area contributed by atoms with Crippen LogP contribution in [-0.2, 0) is 5.54 Å². The van der Waals surface area contributed by atoms with E-state index in [4.69, 9.17) is 21.3 Å². The van der Waals surface area contributed by atoms with Crippen molar-refractivity contribution in [1.82, 2.24) is 15.1 Å². The van der Waals surface area contributed by atoms with Gasteiger partial charge in [0.2, 0.25) is 0 Å². The molecule has 3 aromatic rings. The van der Waals surface area contributed by atoms with Crippen molar-refractivity contribution in [2.24, 2.45) is 4.99 Å². The number of ether oxygens (including phenoxy) is 1. The van der Waals surface area contributed by atoms with Crippen molar-refractivity contribution in [3.8, 4) is 11.5 Å². The van der Waals surface area contributed by atoms with Gasteiger partial charge in [-0.3, -0.25) is 10.2 Å². The Bertz CT molecular complexity index is 1280. The van der Waals surface area contributed by atoms with Crippen molar-refractivity contribution < 1.29 is 14.6 Å². The second kappa shape index (κ2) is 7.52. The van der Waals surface area contributed by atoms with Gasteiger partial charge in [-0.15, -0.1) is 0 Å². The van der Waals surface area contributed by atoms with Crippen LogP contribution < -0.4 is 15.0 Å². The van der Waals surface area contributed by atoms with Gasteiger partial charge in [0.25, 0.3) is 0 Å². The van der Waals surface area contributed by atoms with E-state index in [1.165, 1.54) is 7.11 Å². The van der Waals surface area contributed by atoms with Crippen LogP contribution >= 0.6 is 11.6 Å². The molecule has 1 aromatic heterocycles. The summed E-state index contributed by atoms with van der Waals surface area (Å²) in [6.07, 6.45) is 1.80. The molecule has 2 unspecified atom stereocenters. The number of aromatic nitrogens is 2. The number of methoxy groups -OCH3 is 1. The highest BCUT2D eigenvalue weighted by molar-refractivity contribution is 6.30. The van der Waals surface area contributed by atoms with Gasteiger partial charge < -0.3 is 9.84 Å². The number of halogens is 1. The quantitative estimate of drug-likeness (QED) is 0.582. The summed E-state index contributed by atoms with van der Waals surface area (Å²) in [7, 11) is 1.51. The van der Waals surface area contributed by atoms with E-state index in [-0.39, 0.29) is 23.2 Å². The van der Waals surface area contributed by atoms with E-state index in [0.717, 1.165) is 11.1 Å².